The summed E-state index contributed by atoms with van der Waals surface area (Å²) in [5.41, 5.74) is 2.45. The fourth-order valence-corrected chi connectivity index (χ4v) is 3.40. The number of nitrogens with zero attached hydrogens (tertiary/aromatic N) is 2. The first-order valence-electron chi connectivity index (χ1n) is 10.7. The summed E-state index contributed by atoms with van der Waals surface area (Å²) in [5.74, 6) is 1.64. The van der Waals surface area contributed by atoms with Gasteiger partial charge in [0.05, 0.1) is 11.4 Å². The zero-order valence-corrected chi connectivity index (χ0v) is 18.3. The zero-order valence-electron chi connectivity index (χ0n) is 18.3. The summed E-state index contributed by atoms with van der Waals surface area (Å²) in [6, 6.07) is 19.3. The van der Waals surface area contributed by atoms with Crippen molar-refractivity contribution in [1.29, 1.82) is 0 Å². The standard InChI is InChI=1S/C25H29N3O3/c1-4-5-12-21(20-13-8-6-9-14-20)17-26-24-27-18(2)23(19(3)28-24)31-25(29)30-22-15-10-7-11-16-22/h6-11,13-16,21H,4-5,12,17H2,1-3H3,(H,26,27,28). The lowest BCUT2D eigenvalue weighted by molar-refractivity contribution is 0.151. The largest absolute Gasteiger partial charge is 0.519 e. The Hall–Kier alpha value is -3.41. The molecule has 1 heterocycles. The Bertz CT molecular complexity index is 955. The maximum absolute atomic E-state index is 12.1. The Labute approximate surface area is 183 Å². The van der Waals surface area contributed by atoms with Crippen LogP contribution in [0.4, 0.5) is 10.7 Å². The summed E-state index contributed by atoms with van der Waals surface area (Å²) in [6.07, 6.45) is 2.60. The van der Waals surface area contributed by atoms with Gasteiger partial charge in [0.15, 0.2) is 5.75 Å². The van der Waals surface area contributed by atoms with Gasteiger partial charge in [0.25, 0.3) is 0 Å². The smallest absolute Gasteiger partial charge is 0.395 e. The third kappa shape index (κ3) is 6.54. The molecule has 3 rings (SSSR count). The molecule has 3 aromatic rings. The highest BCUT2D eigenvalue weighted by atomic mass is 16.7. The quantitative estimate of drug-likeness (QED) is 0.336. The third-order valence-corrected chi connectivity index (χ3v) is 5.02. The number of ether oxygens (including phenoxy) is 2. The van der Waals surface area contributed by atoms with Crippen LogP contribution in [-0.2, 0) is 0 Å². The van der Waals surface area contributed by atoms with Crippen molar-refractivity contribution in [2.45, 2.75) is 46.0 Å². The lowest BCUT2D eigenvalue weighted by Gasteiger charge is -2.18. The first-order chi connectivity index (χ1) is 15.1. The van der Waals surface area contributed by atoms with Crippen molar-refractivity contribution < 1.29 is 14.3 Å². The number of carbonyl (C=O) groups excluding carboxylic acids is 1. The fourth-order valence-electron chi connectivity index (χ4n) is 3.40. The van der Waals surface area contributed by atoms with Crippen LogP contribution in [0.5, 0.6) is 11.5 Å². The molecule has 0 saturated carbocycles. The number of benzene rings is 2. The molecule has 0 aliphatic carbocycles. The number of carbonyl (C=O) groups is 1. The van der Waals surface area contributed by atoms with Gasteiger partial charge in [0, 0.05) is 12.5 Å². The van der Waals surface area contributed by atoms with Gasteiger partial charge in [-0.2, -0.15) is 0 Å². The molecule has 0 aliphatic heterocycles. The molecule has 0 radical (unpaired) electrons. The second kappa shape index (κ2) is 11.1. The van der Waals surface area contributed by atoms with Gasteiger partial charge in [0.1, 0.15) is 5.75 Å². The van der Waals surface area contributed by atoms with Crippen LogP contribution >= 0.6 is 0 Å². The van der Waals surface area contributed by atoms with Crippen LogP contribution in [0, 0.1) is 13.8 Å². The molecule has 6 nitrogen and oxygen atoms in total. The summed E-state index contributed by atoms with van der Waals surface area (Å²) in [5, 5.41) is 3.36. The van der Waals surface area contributed by atoms with E-state index >= 15 is 0 Å². The minimum Gasteiger partial charge on any atom is -0.395 e. The summed E-state index contributed by atoms with van der Waals surface area (Å²) < 4.78 is 10.6. The molecule has 1 atom stereocenters. The maximum atomic E-state index is 12.1. The molecule has 6 heteroatoms. The summed E-state index contributed by atoms with van der Waals surface area (Å²) in [4.78, 5) is 21.1. The van der Waals surface area contributed by atoms with E-state index in [-0.39, 0.29) is 0 Å². The lowest BCUT2D eigenvalue weighted by atomic mass is 9.93. The van der Waals surface area contributed by atoms with E-state index in [2.05, 4.69) is 46.5 Å². The van der Waals surface area contributed by atoms with E-state index in [1.807, 2.05) is 12.1 Å². The minimum absolute atomic E-state index is 0.317. The van der Waals surface area contributed by atoms with Crippen molar-refractivity contribution in [2.24, 2.45) is 0 Å². The molecular formula is C25H29N3O3. The van der Waals surface area contributed by atoms with Crippen molar-refractivity contribution >= 4 is 12.1 Å². The number of rotatable bonds is 9. The van der Waals surface area contributed by atoms with Crippen LogP contribution in [0.25, 0.3) is 0 Å². The van der Waals surface area contributed by atoms with Gasteiger partial charge in [-0.3, -0.25) is 0 Å². The summed E-state index contributed by atoms with van der Waals surface area (Å²) in [7, 11) is 0. The molecule has 162 valence electrons. The van der Waals surface area contributed by atoms with E-state index in [1.54, 1.807) is 38.1 Å². The molecule has 0 fully saturated rings. The van der Waals surface area contributed by atoms with Gasteiger partial charge in [0.2, 0.25) is 5.95 Å². The molecule has 1 N–H and O–H groups in total. The molecule has 1 aromatic heterocycles. The van der Waals surface area contributed by atoms with Crippen LogP contribution in [0.1, 0.15) is 49.1 Å². The van der Waals surface area contributed by atoms with Gasteiger partial charge in [-0.1, -0.05) is 68.3 Å². The second-order valence-corrected chi connectivity index (χ2v) is 7.45. The van der Waals surface area contributed by atoms with Crippen LogP contribution in [0.2, 0.25) is 0 Å². The predicted octanol–water partition coefficient (Wildman–Crippen LogP) is 6.06. The van der Waals surface area contributed by atoms with E-state index in [1.165, 1.54) is 5.56 Å². The first-order valence-corrected chi connectivity index (χ1v) is 10.7. The van der Waals surface area contributed by atoms with Crippen molar-refractivity contribution in [3.05, 3.63) is 77.6 Å². The van der Waals surface area contributed by atoms with E-state index in [0.29, 0.717) is 34.8 Å². The van der Waals surface area contributed by atoms with Crippen molar-refractivity contribution in [1.82, 2.24) is 9.97 Å². The van der Waals surface area contributed by atoms with E-state index in [0.717, 1.165) is 25.8 Å². The number of nitrogens with one attached hydrogen (secondary N) is 1. The number of aromatic nitrogens is 2. The van der Waals surface area contributed by atoms with Gasteiger partial charge in [-0.25, -0.2) is 14.8 Å². The Balaban J connectivity index is 1.65. The SMILES string of the molecule is CCCCC(CNc1nc(C)c(OC(=O)Oc2ccccc2)c(C)n1)c1ccccc1. The number of hydrogen-bond acceptors (Lipinski definition) is 6. The van der Waals surface area contributed by atoms with E-state index < -0.39 is 6.16 Å². The monoisotopic (exact) mass is 419 g/mol. The molecule has 0 amide bonds. The van der Waals surface area contributed by atoms with Gasteiger partial charge < -0.3 is 14.8 Å². The lowest BCUT2D eigenvalue weighted by Crippen LogP contribution is -2.18. The normalized spacial score (nSPS) is 11.6. The molecule has 0 aliphatic rings. The van der Waals surface area contributed by atoms with Gasteiger partial charge in [-0.15, -0.1) is 0 Å². The number of aryl methyl sites for hydroxylation is 2. The zero-order chi connectivity index (χ0) is 22.1. The highest BCUT2D eigenvalue weighted by Gasteiger charge is 2.17. The third-order valence-electron chi connectivity index (χ3n) is 5.02. The van der Waals surface area contributed by atoms with E-state index in [4.69, 9.17) is 9.47 Å². The van der Waals surface area contributed by atoms with Crippen LogP contribution in [0.15, 0.2) is 60.7 Å². The molecule has 0 spiro atoms. The average molecular weight is 420 g/mol. The van der Waals surface area contributed by atoms with Crippen LogP contribution < -0.4 is 14.8 Å². The van der Waals surface area contributed by atoms with Gasteiger partial charge >= 0.3 is 6.16 Å². The molecule has 0 bridgehead atoms. The minimum atomic E-state index is -0.814. The average Bonchev–Trinajstić information content (AvgIpc) is 2.77. The molecule has 0 saturated heterocycles. The van der Waals surface area contributed by atoms with Crippen LogP contribution in [0.3, 0.4) is 0 Å². The molecular weight excluding hydrogens is 390 g/mol. The maximum Gasteiger partial charge on any atom is 0.519 e. The Morgan fingerprint density at radius 1 is 0.935 bits per heavy atom. The Morgan fingerprint density at radius 3 is 2.16 bits per heavy atom. The number of anilines is 1. The highest BCUT2D eigenvalue weighted by Crippen LogP contribution is 2.25. The molecule has 1 unspecified atom stereocenters. The van der Waals surface area contributed by atoms with Gasteiger partial charge in [-0.05, 0) is 38.0 Å². The summed E-state index contributed by atoms with van der Waals surface area (Å²) in [6.45, 7) is 6.51. The number of para-hydroxylation sites is 1. The molecule has 31 heavy (non-hydrogen) atoms. The first kappa shape index (κ1) is 22.3. The van der Waals surface area contributed by atoms with Crippen LogP contribution in [-0.4, -0.2) is 22.7 Å². The Kier molecular flexibility index (Phi) is 7.98. The number of hydrogen-bond donors (Lipinski definition) is 1. The second-order valence-electron chi connectivity index (χ2n) is 7.45. The van der Waals surface area contributed by atoms with Crippen molar-refractivity contribution in [3.8, 4) is 11.5 Å². The molecule has 2 aromatic carbocycles. The highest BCUT2D eigenvalue weighted by molar-refractivity contribution is 5.67. The van der Waals surface area contributed by atoms with Crippen molar-refractivity contribution in [3.63, 3.8) is 0 Å². The predicted molar refractivity (Wildman–Crippen MR) is 122 cm³/mol. The number of unbranched alkanes of at least 4 members (excludes halogenated alkanes) is 1. The Morgan fingerprint density at radius 2 is 1.55 bits per heavy atom. The summed E-state index contributed by atoms with van der Waals surface area (Å²) >= 11 is 0. The topological polar surface area (TPSA) is 73.3 Å². The van der Waals surface area contributed by atoms with E-state index in [9.17, 15) is 4.79 Å². The van der Waals surface area contributed by atoms with Crippen molar-refractivity contribution in [2.75, 3.05) is 11.9 Å². The fraction of sp³-hybridized carbons (Fsp3) is 0.320.